The molecule has 1 aromatic rings. The number of hydrogen-bond acceptors (Lipinski definition) is 1. The maximum atomic E-state index is 13.8. The second-order valence-electron chi connectivity index (χ2n) is 5.64. The van der Waals surface area contributed by atoms with E-state index in [9.17, 15) is 4.39 Å². The summed E-state index contributed by atoms with van der Waals surface area (Å²) in [4.78, 5) is 0. The van der Waals surface area contributed by atoms with Gasteiger partial charge in [0.1, 0.15) is 5.82 Å². The van der Waals surface area contributed by atoms with Crippen LogP contribution in [0.4, 0.5) is 4.39 Å². The third-order valence-electron chi connectivity index (χ3n) is 4.37. The van der Waals surface area contributed by atoms with Crippen LogP contribution in [-0.4, -0.2) is 13.1 Å². The summed E-state index contributed by atoms with van der Waals surface area (Å²) in [5.74, 6) is -0.0972. The van der Waals surface area contributed by atoms with Crippen molar-refractivity contribution in [2.45, 2.75) is 45.1 Å². The first-order valence-electron chi connectivity index (χ1n) is 6.66. The van der Waals surface area contributed by atoms with E-state index in [4.69, 9.17) is 0 Å². The monoisotopic (exact) mass is 313 g/mol. The summed E-state index contributed by atoms with van der Waals surface area (Å²) >= 11 is 3.42. The number of hydrogen-bond donors (Lipinski definition) is 1. The number of halogens is 2. The van der Waals surface area contributed by atoms with E-state index in [0.29, 0.717) is 11.5 Å². The highest BCUT2D eigenvalue weighted by Crippen LogP contribution is 2.41. The van der Waals surface area contributed by atoms with Crippen LogP contribution in [0.2, 0.25) is 0 Å². The Kier molecular flexibility index (Phi) is 4.44. The van der Waals surface area contributed by atoms with Crippen molar-refractivity contribution in [3.05, 3.63) is 34.1 Å². The average molecular weight is 314 g/mol. The fourth-order valence-corrected chi connectivity index (χ4v) is 3.56. The summed E-state index contributed by atoms with van der Waals surface area (Å²) < 4.78 is 14.8. The molecule has 0 bridgehead atoms. The highest BCUT2D eigenvalue weighted by Gasteiger charge is 2.36. The zero-order chi connectivity index (χ0) is 13.2. The summed E-state index contributed by atoms with van der Waals surface area (Å²) in [6, 6.07) is 5.55. The van der Waals surface area contributed by atoms with Crippen LogP contribution in [0.5, 0.6) is 0 Å². The maximum absolute atomic E-state index is 13.8. The standard InChI is InChI=1S/C15H21BrFN/c1-15(7-3-4-8-15)14(18-2)10-11-9-12(16)5-6-13(11)17/h5-6,9,14,18H,3-4,7-8,10H2,1-2H3. The summed E-state index contributed by atoms with van der Waals surface area (Å²) in [5.41, 5.74) is 1.11. The van der Waals surface area contributed by atoms with Crippen molar-refractivity contribution in [1.29, 1.82) is 0 Å². The zero-order valence-electron chi connectivity index (χ0n) is 11.1. The molecule has 0 amide bonds. The molecule has 1 aliphatic rings. The van der Waals surface area contributed by atoms with Crippen LogP contribution in [0.15, 0.2) is 22.7 Å². The minimum absolute atomic E-state index is 0.0972. The van der Waals surface area contributed by atoms with Crippen LogP contribution in [-0.2, 0) is 6.42 Å². The van der Waals surface area contributed by atoms with Gasteiger partial charge >= 0.3 is 0 Å². The molecule has 0 aliphatic heterocycles. The molecule has 0 heterocycles. The summed E-state index contributed by atoms with van der Waals surface area (Å²) in [7, 11) is 1.99. The van der Waals surface area contributed by atoms with Crippen LogP contribution in [0.3, 0.4) is 0 Å². The van der Waals surface area contributed by atoms with E-state index < -0.39 is 0 Å². The zero-order valence-corrected chi connectivity index (χ0v) is 12.7. The SMILES string of the molecule is CNC(Cc1cc(Br)ccc1F)C1(C)CCCC1. The third-order valence-corrected chi connectivity index (χ3v) is 4.86. The lowest BCUT2D eigenvalue weighted by molar-refractivity contribution is 0.228. The van der Waals surface area contributed by atoms with E-state index in [1.54, 1.807) is 12.1 Å². The van der Waals surface area contributed by atoms with E-state index in [2.05, 4.69) is 28.2 Å². The van der Waals surface area contributed by atoms with Crippen LogP contribution < -0.4 is 5.32 Å². The lowest BCUT2D eigenvalue weighted by atomic mass is 9.78. The van der Waals surface area contributed by atoms with Gasteiger partial charge in [-0.15, -0.1) is 0 Å². The largest absolute Gasteiger partial charge is 0.316 e. The van der Waals surface area contributed by atoms with Crippen molar-refractivity contribution in [1.82, 2.24) is 5.32 Å². The van der Waals surface area contributed by atoms with Gasteiger partial charge in [0.25, 0.3) is 0 Å². The molecule has 1 unspecified atom stereocenters. The fourth-order valence-electron chi connectivity index (χ4n) is 3.15. The first-order chi connectivity index (χ1) is 8.55. The molecule has 0 saturated heterocycles. The number of likely N-dealkylation sites (N-methyl/N-ethyl adjacent to an activating group) is 1. The van der Waals surface area contributed by atoms with Gasteiger partial charge in [-0.1, -0.05) is 35.7 Å². The van der Waals surface area contributed by atoms with Gasteiger partial charge in [-0.3, -0.25) is 0 Å². The van der Waals surface area contributed by atoms with Crippen molar-refractivity contribution >= 4 is 15.9 Å². The Morgan fingerprint density at radius 1 is 1.39 bits per heavy atom. The average Bonchev–Trinajstić information content (AvgIpc) is 2.78. The molecule has 1 aromatic carbocycles. The maximum Gasteiger partial charge on any atom is 0.126 e. The summed E-state index contributed by atoms with van der Waals surface area (Å²) in [5, 5.41) is 3.40. The lowest BCUT2D eigenvalue weighted by Gasteiger charge is -2.34. The van der Waals surface area contributed by atoms with Crippen LogP contribution >= 0.6 is 15.9 Å². The Morgan fingerprint density at radius 3 is 2.67 bits per heavy atom. The highest BCUT2D eigenvalue weighted by molar-refractivity contribution is 9.10. The summed E-state index contributed by atoms with van der Waals surface area (Å²) in [6.07, 6.45) is 5.85. The number of benzene rings is 1. The number of nitrogens with one attached hydrogen (secondary N) is 1. The molecular formula is C15H21BrFN. The third kappa shape index (κ3) is 2.94. The normalized spacial score (nSPS) is 20.0. The van der Waals surface area contributed by atoms with Crippen LogP contribution in [0.1, 0.15) is 38.2 Å². The summed E-state index contributed by atoms with van der Waals surface area (Å²) in [6.45, 7) is 2.33. The van der Waals surface area contributed by atoms with E-state index >= 15 is 0 Å². The fraction of sp³-hybridized carbons (Fsp3) is 0.600. The molecule has 100 valence electrons. The first kappa shape index (κ1) is 14.0. The van der Waals surface area contributed by atoms with Crippen molar-refractivity contribution in [3.8, 4) is 0 Å². The predicted octanol–water partition coefficient (Wildman–Crippen LogP) is 4.30. The molecule has 1 atom stereocenters. The van der Waals surface area contributed by atoms with Gasteiger partial charge in [0.2, 0.25) is 0 Å². The van der Waals surface area contributed by atoms with Crippen molar-refractivity contribution in [2.75, 3.05) is 7.05 Å². The molecule has 0 aromatic heterocycles. The van der Waals surface area contributed by atoms with Gasteiger partial charge in [0.05, 0.1) is 0 Å². The Hall–Kier alpha value is -0.410. The molecule has 1 aliphatic carbocycles. The lowest BCUT2D eigenvalue weighted by Crippen LogP contribution is -2.42. The van der Waals surface area contributed by atoms with Crippen LogP contribution in [0, 0.1) is 11.2 Å². The Morgan fingerprint density at radius 2 is 2.06 bits per heavy atom. The van der Waals surface area contributed by atoms with E-state index in [0.717, 1.165) is 16.5 Å². The molecule has 2 rings (SSSR count). The predicted molar refractivity (Wildman–Crippen MR) is 77.2 cm³/mol. The second kappa shape index (κ2) is 5.70. The first-order valence-corrected chi connectivity index (χ1v) is 7.46. The highest BCUT2D eigenvalue weighted by atomic mass is 79.9. The number of rotatable bonds is 4. The van der Waals surface area contributed by atoms with Crippen molar-refractivity contribution in [2.24, 2.45) is 5.41 Å². The quantitative estimate of drug-likeness (QED) is 0.874. The van der Waals surface area contributed by atoms with Crippen molar-refractivity contribution in [3.63, 3.8) is 0 Å². The molecule has 1 N–H and O–H groups in total. The van der Waals surface area contributed by atoms with Gasteiger partial charge < -0.3 is 5.32 Å². The molecule has 0 radical (unpaired) electrons. The Bertz CT molecular complexity index is 413. The van der Waals surface area contributed by atoms with E-state index in [-0.39, 0.29) is 5.82 Å². The van der Waals surface area contributed by atoms with Crippen LogP contribution in [0.25, 0.3) is 0 Å². The van der Waals surface area contributed by atoms with Gasteiger partial charge in [-0.05, 0) is 55.5 Å². The van der Waals surface area contributed by atoms with E-state index in [1.807, 2.05) is 13.1 Å². The molecule has 1 saturated carbocycles. The minimum atomic E-state index is -0.0972. The van der Waals surface area contributed by atoms with E-state index in [1.165, 1.54) is 25.7 Å². The minimum Gasteiger partial charge on any atom is -0.316 e. The molecule has 1 fully saturated rings. The Balaban J connectivity index is 2.17. The topological polar surface area (TPSA) is 12.0 Å². The molecule has 0 spiro atoms. The molecule has 3 heteroatoms. The van der Waals surface area contributed by atoms with Gasteiger partial charge in [0.15, 0.2) is 0 Å². The van der Waals surface area contributed by atoms with Gasteiger partial charge in [0, 0.05) is 10.5 Å². The van der Waals surface area contributed by atoms with Crippen molar-refractivity contribution < 1.29 is 4.39 Å². The molecule has 18 heavy (non-hydrogen) atoms. The molecular weight excluding hydrogens is 293 g/mol. The Labute approximate surface area is 117 Å². The van der Waals surface area contributed by atoms with Gasteiger partial charge in [-0.2, -0.15) is 0 Å². The van der Waals surface area contributed by atoms with Gasteiger partial charge in [-0.25, -0.2) is 4.39 Å². The second-order valence-corrected chi connectivity index (χ2v) is 6.56. The smallest absolute Gasteiger partial charge is 0.126 e. The molecule has 1 nitrogen and oxygen atoms in total.